The van der Waals surface area contributed by atoms with Crippen LogP contribution in [0.3, 0.4) is 0 Å². The highest BCUT2D eigenvalue weighted by molar-refractivity contribution is 5.96. The standard InChI is InChI=1S/C19H26N4O3/c1-4-15-7-5-6-8-16(15)20-19(25)23(11-9-14(2)3)13-18(24)21-17-10-12-26-22-17/h5-8,10,12,14H,4,9,11,13H2,1-3H3,(H,20,25)(H,21,22,24). The molecule has 2 aromatic rings. The summed E-state index contributed by atoms with van der Waals surface area (Å²) >= 11 is 0. The van der Waals surface area contributed by atoms with Crippen LogP contribution in [0.25, 0.3) is 0 Å². The molecule has 0 aliphatic rings. The van der Waals surface area contributed by atoms with Gasteiger partial charge in [0, 0.05) is 18.3 Å². The van der Waals surface area contributed by atoms with Crippen molar-refractivity contribution in [3.05, 3.63) is 42.2 Å². The fourth-order valence-electron chi connectivity index (χ4n) is 2.44. The molecule has 0 fully saturated rings. The quantitative estimate of drug-likeness (QED) is 0.752. The van der Waals surface area contributed by atoms with Crippen LogP contribution in [0.4, 0.5) is 16.3 Å². The van der Waals surface area contributed by atoms with Crippen molar-refractivity contribution in [1.82, 2.24) is 10.1 Å². The van der Waals surface area contributed by atoms with E-state index < -0.39 is 0 Å². The van der Waals surface area contributed by atoms with E-state index in [1.807, 2.05) is 31.2 Å². The predicted molar refractivity (Wildman–Crippen MR) is 101 cm³/mol. The van der Waals surface area contributed by atoms with Crippen molar-refractivity contribution in [1.29, 1.82) is 0 Å². The van der Waals surface area contributed by atoms with Crippen LogP contribution in [0.1, 0.15) is 32.8 Å². The second-order valence-corrected chi connectivity index (χ2v) is 6.48. The van der Waals surface area contributed by atoms with Gasteiger partial charge in [-0.15, -0.1) is 0 Å². The molecule has 0 saturated carbocycles. The Kier molecular flexibility index (Phi) is 7.20. The third-order valence-electron chi connectivity index (χ3n) is 3.94. The lowest BCUT2D eigenvalue weighted by molar-refractivity contribution is -0.116. The Labute approximate surface area is 153 Å². The highest BCUT2D eigenvalue weighted by Gasteiger charge is 2.19. The molecule has 0 bridgehead atoms. The maximum atomic E-state index is 12.7. The molecule has 7 nitrogen and oxygen atoms in total. The summed E-state index contributed by atoms with van der Waals surface area (Å²) in [5, 5.41) is 9.19. The van der Waals surface area contributed by atoms with E-state index in [0.717, 1.165) is 24.1 Å². The van der Waals surface area contributed by atoms with Crippen molar-refractivity contribution < 1.29 is 14.1 Å². The van der Waals surface area contributed by atoms with Crippen LogP contribution in [0.2, 0.25) is 0 Å². The fraction of sp³-hybridized carbons (Fsp3) is 0.421. The highest BCUT2D eigenvalue weighted by Crippen LogP contribution is 2.16. The smallest absolute Gasteiger partial charge is 0.322 e. The molecule has 2 N–H and O–H groups in total. The van der Waals surface area contributed by atoms with Gasteiger partial charge in [0.25, 0.3) is 0 Å². The number of urea groups is 1. The van der Waals surface area contributed by atoms with Crippen LogP contribution in [0, 0.1) is 5.92 Å². The minimum absolute atomic E-state index is 0.0558. The van der Waals surface area contributed by atoms with Gasteiger partial charge in [0.15, 0.2) is 5.82 Å². The molecule has 0 spiro atoms. The number of amides is 3. The van der Waals surface area contributed by atoms with E-state index in [9.17, 15) is 9.59 Å². The molecule has 0 aliphatic heterocycles. The number of carbonyl (C=O) groups is 2. The molecule has 1 aromatic carbocycles. The van der Waals surface area contributed by atoms with Crippen molar-refractivity contribution in [3.8, 4) is 0 Å². The largest absolute Gasteiger partial charge is 0.363 e. The SMILES string of the molecule is CCc1ccccc1NC(=O)N(CCC(C)C)CC(=O)Nc1ccon1. The zero-order valence-corrected chi connectivity index (χ0v) is 15.5. The number of rotatable bonds is 8. The minimum atomic E-state index is -0.318. The summed E-state index contributed by atoms with van der Waals surface area (Å²) < 4.78 is 4.69. The number of anilines is 2. The first kappa shape index (κ1) is 19.5. The van der Waals surface area contributed by atoms with Crippen LogP contribution in [0.5, 0.6) is 0 Å². The third-order valence-corrected chi connectivity index (χ3v) is 3.94. The topological polar surface area (TPSA) is 87.5 Å². The molecule has 1 aromatic heterocycles. The normalized spacial score (nSPS) is 10.6. The van der Waals surface area contributed by atoms with E-state index in [4.69, 9.17) is 4.52 Å². The summed E-state index contributed by atoms with van der Waals surface area (Å²) in [7, 11) is 0. The number of aromatic nitrogens is 1. The first-order chi connectivity index (χ1) is 12.5. The Morgan fingerprint density at radius 2 is 1.96 bits per heavy atom. The summed E-state index contributed by atoms with van der Waals surface area (Å²) in [6.45, 7) is 6.63. The summed E-state index contributed by atoms with van der Waals surface area (Å²) in [6, 6.07) is 8.93. The molecule has 0 unspecified atom stereocenters. The van der Waals surface area contributed by atoms with Gasteiger partial charge in [0.2, 0.25) is 5.91 Å². The van der Waals surface area contributed by atoms with Crippen LogP contribution in [0.15, 0.2) is 41.1 Å². The zero-order valence-electron chi connectivity index (χ0n) is 15.5. The first-order valence-electron chi connectivity index (χ1n) is 8.83. The number of hydrogen-bond acceptors (Lipinski definition) is 4. The van der Waals surface area contributed by atoms with E-state index in [-0.39, 0.29) is 18.5 Å². The van der Waals surface area contributed by atoms with Gasteiger partial charge in [0.05, 0.1) is 0 Å². The van der Waals surface area contributed by atoms with Crippen molar-refractivity contribution >= 4 is 23.4 Å². The third kappa shape index (κ3) is 5.91. The number of hydrogen-bond donors (Lipinski definition) is 2. The van der Waals surface area contributed by atoms with E-state index in [0.29, 0.717) is 18.3 Å². The van der Waals surface area contributed by atoms with Crippen molar-refractivity contribution in [2.75, 3.05) is 23.7 Å². The fourth-order valence-corrected chi connectivity index (χ4v) is 2.44. The van der Waals surface area contributed by atoms with Gasteiger partial charge in [-0.05, 0) is 30.4 Å². The van der Waals surface area contributed by atoms with E-state index in [1.165, 1.54) is 11.2 Å². The monoisotopic (exact) mass is 358 g/mol. The average Bonchev–Trinajstić information content (AvgIpc) is 3.11. The Morgan fingerprint density at radius 1 is 1.19 bits per heavy atom. The maximum Gasteiger partial charge on any atom is 0.322 e. The van der Waals surface area contributed by atoms with Gasteiger partial charge < -0.3 is 20.1 Å². The lowest BCUT2D eigenvalue weighted by Gasteiger charge is -2.24. The zero-order chi connectivity index (χ0) is 18.9. The van der Waals surface area contributed by atoms with Gasteiger partial charge in [-0.2, -0.15) is 0 Å². The predicted octanol–water partition coefficient (Wildman–Crippen LogP) is 3.76. The number of nitrogens with zero attached hydrogens (tertiary/aromatic N) is 2. The van der Waals surface area contributed by atoms with Gasteiger partial charge >= 0.3 is 6.03 Å². The van der Waals surface area contributed by atoms with Crippen LogP contribution < -0.4 is 10.6 Å². The van der Waals surface area contributed by atoms with Gasteiger partial charge in [-0.3, -0.25) is 4.79 Å². The number of benzene rings is 1. The molecule has 3 amide bonds. The number of aryl methyl sites for hydroxylation is 1. The summed E-state index contributed by atoms with van der Waals surface area (Å²) in [6.07, 6.45) is 3.00. The average molecular weight is 358 g/mol. The number of para-hydroxylation sites is 1. The molecule has 1 heterocycles. The van der Waals surface area contributed by atoms with Gasteiger partial charge in [-0.25, -0.2) is 4.79 Å². The Morgan fingerprint density at radius 3 is 2.62 bits per heavy atom. The van der Waals surface area contributed by atoms with Crippen molar-refractivity contribution in [2.24, 2.45) is 5.92 Å². The molecule has 2 rings (SSSR count). The lowest BCUT2D eigenvalue weighted by Crippen LogP contribution is -2.41. The van der Waals surface area contributed by atoms with E-state index in [2.05, 4.69) is 29.6 Å². The van der Waals surface area contributed by atoms with E-state index in [1.54, 1.807) is 6.07 Å². The number of carbonyl (C=O) groups excluding carboxylic acids is 2. The molecule has 7 heteroatoms. The van der Waals surface area contributed by atoms with Gasteiger partial charge in [-0.1, -0.05) is 44.1 Å². The lowest BCUT2D eigenvalue weighted by atomic mass is 10.1. The second kappa shape index (κ2) is 9.60. The Bertz CT molecular complexity index is 713. The molecule has 26 heavy (non-hydrogen) atoms. The molecular weight excluding hydrogens is 332 g/mol. The van der Waals surface area contributed by atoms with Crippen LogP contribution in [-0.2, 0) is 11.2 Å². The molecule has 0 radical (unpaired) electrons. The molecule has 140 valence electrons. The van der Waals surface area contributed by atoms with Crippen molar-refractivity contribution in [3.63, 3.8) is 0 Å². The summed E-state index contributed by atoms with van der Waals surface area (Å²) in [4.78, 5) is 26.5. The highest BCUT2D eigenvalue weighted by atomic mass is 16.5. The van der Waals surface area contributed by atoms with Crippen molar-refractivity contribution in [2.45, 2.75) is 33.6 Å². The molecule has 0 atom stereocenters. The minimum Gasteiger partial charge on any atom is -0.363 e. The van der Waals surface area contributed by atoms with Crippen LogP contribution in [-0.4, -0.2) is 35.1 Å². The van der Waals surface area contributed by atoms with Gasteiger partial charge in [0.1, 0.15) is 12.8 Å². The Hall–Kier alpha value is -2.83. The second-order valence-electron chi connectivity index (χ2n) is 6.48. The molecule has 0 aliphatic carbocycles. The summed E-state index contributed by atoms with van der Waals surface area (Å²) in [5.74, 6) is 0.434. The molecular formula is C19H26N4O3. The Balaban J connectivity index is 2.04. The number of nitrogens with one attached hydrogen (secondary N) is 2. The molecule has 0 saturated heterocycles. The van der Waals surface area contributed by atoms with E-state index >= 15 is 0 Å². The van der Waals surface area contributed by atoms with Crippen LogP contribution >= 0.6 is 0 Å². The summed E-state index contributed by atoms with van der Waals surface area (Å²) in [5.41, 5.74) is 1.82. The first-order valence-corrected chi connectivity index (χ1v) is 8.83. The maximum absolute atomic E-state index is 12.7.